The van der Waals surface area contributed by atoms with Crippen LogP contribution in [0.5, 0.6) is 0 Å². The van der Waals surface area contributed by atoms with Crippen molar-refractivity contribution in [2.24, 2.45) is 5.92 Å². The number of nitrogens with zero attached hydrogens (tertiary/aromatic N) is 1. The fourth-order valence-corrected chi connectivity index (χ4v) is 0.599. The molecule has 0 aromatic heterocycles. The zero-order valence-electron chi connectivity index (χ0n) is 6.25. The first-order valence-corrected chi connectivity index (χ1v) is 3.43. The van der Waals surface area contributed by atoms with Crippen molar-refractivity contribution in [1.82, 2.24) is 0 Å². The molecule has 0 amide bonds. The molecule has 2 nitrogen and oxygen atoms in total. The Morgan fingerprint density at radius 3 is 2.90 bits per heavy atom. The molecule has 1 atom stereocenters. The molecule has 0 aliphatic rings. The van der Waals surface area contributed by atoms with Gasteiger partial charge < -0.3 is 5.11 Å². The summed E-state index contributed by atoms with van der Waals surface area (Å²) in [5, 5.41) is 8.61. The summed E-state index contributed by atoms with van der Waals surface area (Å²) in [5.41, 5.74) is 0. The normalized spacial score (nSPS) is 13.3. The SMILES string of the molecule is [C-]#[N+]C=CCC[C@H](C)CO. The van der Waals surface area contributed by atoms with E-state index in [-0.39, 0.29) is 6.61 Å². The summed E-state index contributed by atoms with van der Waals surface area (Å²) in [5.74, 6) is 0.357. The lowest BCUT2D eigenvalue weighted by Gasteiger charge is -2.02. The predicted molar refractivity (Wildman–Crippen MR) is 41.2 cm³/mol. The lowest BCUT2D eigenvalue weighted by molar-refractivity contribution is 0.231. The lowest BCUT2D eigenvalue weighted by atomic mass is 10.1. The second kappa shape index (κ2) is 6.31. The van der Waals surface area contributed by atoms with Crippen molar-refractivity contribution in [3.05, 3.63) is 23.7 Å². The fraction of sp³-hybridized carbons (Fsp3) is 0.625. The van der Waals surface area contributed by atoms with E-state index in [9.17, 15) is 0 Å². The molecule has 1 N–H and O–H groups in total. The summed E-state index contributed by atoms with van der Waals surface area (Å²) in [6.07, 6.45) is 5.15. The van der Waals surface area contributed by atoms with Crippen LogP contribution in [-0.4, -0.2) is 11.7 Å². The molecule has 0 aliphatic heterocycles. The Hall–Kier alpha value is -0.810. The first-order chi connectivity index (χ1) is 4.81. The van der Waals surface area contributed by atoms with Crippen LogP contribution < -0.4 is 0 Å². The van der Waals surface area contributed by atoms with E-state index < -0.39 is 0 Å². The molecule has 0 radical (unpaired) electrons. The van der Waals surface area contributed by atoms with Crippen molar-refractivity contribution in [2.75, 3.05) is 6.61 Å². The molecule has 10 heavy (non-hydrogen) atoms. The molecule has 0 heterocycles. The van der Waals surface area contributed by atoms with Gasteiger partial charge in [-0.2, -0.15) is 0 Å². The first-order valence-electron chi connectivity index (χ1n) is 3.43. The molecule has 0 fully saturated rings. The number of aliphatic hydroxyl groups excluding tert-OH is 1. The average Bonchev–Trinajstić information content (AvgIpc) is 1.98. The quantitative estimate of drug-likeness (QED) is 0.590. The van der Waals surface area contributed by atoms with Gasteiger partial charge in [-0.3, -0.25) is 0 Å². The van der Waals surface area contributed by atoms with E-state index in [4.69, 9.17) is 11.7 Å². The number of hydrogen-bond donors (Lipinski definition) is 1. The van der Waals surface area contributed by atoms with E-state index >= 15 is 0 Å². The first kappa shape index (κ1) is 9.19. The van der Waals surface area contributed by atoms with Crippen LogP contribution in [0.4, 0.5) is 0 Å². The van der Waals surface area contributed by atoms with Gasteiger partial charge in [0, 0.05) is 6.61 Å². The van der Waals surface area contributed by atoms with Crippen LogP contribution in [0.2, 0.25) is 0 Å². The van der Waals surface area contributed by atoms with E-state index in [1.165, 1.54) is 6.20 Å². The molecule has 0 aromatic carbocycles. The second-order valence-corrected chi connectivity index (χ2v) is 2.38. The van der Waals surface area contributed by atoms with Crippen molar-refractivity contribution >= 4 is 0 Å². The third-order valence-corrected chi connectivity index (χ3v) is 1.32. The highest BCUT2D eigenvalue weighted by atomic mass is 16.3. The highest BCUT2D eigenvalue weighted by Crippen LogP contribution is 2.03. The van der Waals surface area contributed by atoms with Crippen LogP contribution in [0, 0.1) is 12.5 Å². The van der Waals surface area contributed by atoms with Crippen LogP contribution >= 0.6 is 0 Å². The molecular formula is C8H13NO. The molecule has 0 aromatic rings. The maximum absolute atomic E-state index is 8.61. The molecule has 0 unspecified atom stereocenters. The lowest BCUT2D eigenvalue weighted by Crippen LogP contribution is -1.98. The number of hydrogen-bond acceptors (Lipinski definition) is 1. The van der Waals surface area contributed by atoms with E-state index in [1.54, 1.807) is 0 Å². The molecule has 0 bridgehead atoms. The largest absolute Gasteiger partial charge is 0.396 e. The zero-order valence-corrected chi connectivity index (χ0v) is 6.25. The van der Waals surface area contributed by atoms with Gasteiger partial charge in [0.15, 0.2) is 0 Å². The van der Waals surface area contributed by atoms with Crippen LogP contribution in [0.1, 0.15) is 19.8 Å². The Bertz CT molecular complexity index is 135. The zero-order chi connectivity index (χ0) is 7.82. The van der Waals surface area contributed by atoms with Gasteiger partial charge in [-0.1, -0.05) is 13.0 Å². The number of aliphatic hydroxyl groups is 1. The topological polar surface area (TPSA) is 24.6 Å². The van der Waals surface area contributed by atoms with E-state index in [0.29, 0.717) is 5.92 Å². The summed E-state index contributed by atoms with van der Waals surface area (Å²) in [6.45, 7) is 8.66. The van der Waals surface area contributed by atoms with Crippen LogP contribution in [0.15, 0.2) is 12.3 Å². The maximum Gasteiger partial charge on any atom is 0.150 e. The predicted octanol–water partition coefficient (Wildman–Crippen LogP) is 1.83. The van der Waals surface area contributed by atoms with Crippen LogP contribution in [0.25, 0.3) is 4.85 Å². The Kier molecular flexibility index (Phi) is 5.80. The van der Waals surface area contributed by atoms with Crippen molar-refractivity contribution in [3.63, 3.8) is 0 Å². The number of allylic oxidation sites excluding steroid dienone is 1. The second-order valence-electron chi connectivity index (χ2n) is 2.38. The molecular weight excluding hydrogens is 126 g/mol. The van der Waals surface area contributed by atoms with Crippen molar-refractivity contribution in [1.29, 1.82) is 0 Å². The smallest absolute Gasteiger partial charge is 0.150 e. The van der Waals surface area contributed by atoms with Gasteiger partial charge in [0.25, 0.3) is 0 Å². The monoisotopic (exact) mass is 139 g/mol. The molecule has 0 saturated carbocycles. The van der Waals surface area contributed by atoms with E-state index in [0.717, 1.165) is 12.8 Å². The van der Waals surface area contributed by atoms with Crippen molar-refractivity contribution in [3.8, 4) is 0 Å². The Morgan fingerprint density at radius 1 is 1.70 bits per heavy atom. The van der Waals surface area contributed by atoms with Gasteiger partial charge in [-0.15, -0.1) is 0 Å². The third kappa shape index (κ3) is 5.33. The third-order valence-electron chi connectivity index (χ3n) is 1.32. The van der Waals surface area contributed by atoms with Crippen molar-refractivity contribution in [2.45, 2.75) is 19.8 Å². The molecule has 0 spiro atoms. The Balaban J connectivity index is 3.21. The minimum Gasteiger partial charge on any atom is -0.396 e. The summed E-state index contributed by atoms with van der Waals surface area (Å²) < 4.78 is 0. The summed E-state index contributed by atoms with van der Waals surface area (Å²) in [4.78, 5) is 3.07. The number of rotatable bonds is 4. The summed E-state index contributed by atoms with van der Waals surface area (Å²) in [7, 11) is 0. The molecule has 0 rings (SSSR count). The molecule has 56 valence electrons. The molecule has 0 saturated heterocycles. The van der Waals surface area contributed by atoms with E-state index in [2.05, 4.69) is 4.85 Å². The van der Waals surface area contributed by atoms with Gasteiger partial charge >= 0.3 is 0 Å². The van der Waals surface area contributed by atoms with Gasteiger partial charge in [-0.25, -0.2) is 4.85 Å². The standard InChI is InChI=1S/C8H13NO/c1-8(7-10)5-3-4-6-9-2/h4,6,8,10H,3,5,7H2,1H3/t8-/m0/s1. The van der Waals surface area contributed by atoms with Gasteiger partial charge in [0.05, 0.1) is 6.57 Å². The van der Waals surface area contributed by atoms with Gasteiger partial charge in [0.2, 0.25) is 0 Å². The highest BCUT2D eigenvalue weighted by molar-refractivity contribution is 4.89. The summed E-state index contributed by atoms with van der Waals surface area (Å²) >= 11 is 0. The molecule has 2 heteroatoms. The van der Waals surface area contributed by atoms with Crippen molar-refractivity contribution < 1.29 is 5.11 Å². The van der Waals surface area contributed by atoms with Gasteiger partial charge in [-0.05, 0) is 18.8 Å². The minimum absolute atomic E-state index is 0.242. The maximum atomic E-state index is 8.61. The van der Waals surface area contributed by atoms with Crippen LogP contribution in [-0.2, 0) is 0 Å². The Labute approximate surface area is 62.0 Å². The fourth-order valence-electron chi connectivity index (χ4n) is 0.599. The summed E-state index contributed by atoms with van der Waals surface area (Å²) in [6, 6.07) is 0. The van der Waals surface area contributed by atoms with Crippen LogP contribution in [0.3, 0.4) is 0 Å². The molecule has 0 aliphatic carbocycles. The highest BCUT2D eigenvalue weighted by Gasteiger charge is 1.95. The van der Waals surface area contributed by atoms with E-state index in [1.807, 2.05) is 13.0 Å². The van der Waals surface area contributed by atoms with Gasteiger partial charge in [0.1, 0.15) is 6.20 Å². The Morgan fingerprint density at radius 2 is 2.40 bits per heavy atom. The average molecular weight is 139 g/mol. The minimum atomic E-state index is 0.242.